The van der Waals surface area contributed by atoms with Crippen LogP contribution in [0.2, 0.25) is 0 Å². The van der Waals surface area contributed by atoms with E-state index in [1.54, 1.807) is 0 Å². The van der Waals surface area contributed by atoms with Crippen LogP contribution in [0, 0.1) is 12.8 Å². The first-order valence-corrected chi connectivity index (χ1v) is 6.01. The number of hydrogen-bond acceptors (Lipinski definition) is 0. The molecule has 0 amide bonds. The molecule has 1 aromatic heterocycles. The monoisotopic (exact) mass is 211 g/mol. The largest absolute Gasteiger partial charge is 0.341 e. The fourth-order valence-electron chi connectivity index (χ4n) is 2.46. The summed E-state index contributed by atoms with van der Waals surface area (Å²) in [6.07, 6.45) is 4.76. The van der Waals surface area contributed by atoms with E-state index in [9.17, 15) is 0 Å². The number of rotatable bonds is 3. The van der Waals surface area contributed by atoms with Crippen molar-refractivity contribution in [1.29, 1.82) is 0 Å². The Balaban J connectivity index is 2.23. The molecule has 1 aliphatic carbocycles. The number of fused-ring (bicyclic) bond motifs is 1. The molecule has 1 nitrogen and oxygen atoms in total. The molecule has 3 rings (SSSR count). The van der Waals surface area contributed by atoms with Crippen molar-refractivity contribution in [1.82, 2.24) is 4.57 Å². The molecular weight excluding hydrogens is 194 g/mol. The second-order valence-corrected chi connectivity index (χ2v) is 4.84. The van der Waals surface area contributed by atoms with Crippen LogP contribution in [0.3, 0.4) is 0 Å². The lowest BCUT2D eigenvalue weighted by Gasteiger charge is -2.09. The van der Waals surface area contributed by atoms with Gasteiger partial charge in [-0.25, -0.2) is 0 Å². The lowest BCUT2D eigenvalue weighted by Crippen LogP contribution is -2.02. The molecule has 0 N–H and O–H groups in total. The van der Waals surface area contributed by atoms with Gasteiger partial charge in [0, 0.05) is 17.6 Å². The minimum Gasteiger partial charge on any atom is -0.341 e. The van der Waals surface area contributed by atoms with Crippen molar-refractivity contribution in [2.24, 2.45) is 5.92 Å². The summed E-state index contributed by atoms with van der Waals surface area (Å²) in [7, 11) is 0. The van der Waals surface area contributed by atoms with E-state index < -0.39 is 0 Å². The van der Waals surface area contributed by atoms with Crippen molar-refractivity contribution < 1.29 is 0 Å². The van der Waals surface area contributed by atoms with Gasteiger partial charge < -0.3 is 4.57 Å². The molecule has 0 aliphatic heterocycles. The van der Waals surface area contributed by atoms with Gasteiger partial charge in [0.05, 0.1) is 5.52 Å². The second-order valence-electron chi connectivity index (χ2n) is 4.84. The number of hydrogen-bond donors (Lipinski definition) is 0. The van der Waals surface area contributed by atoms with E-state index in [2.05, 4.69) is 42.3 Å². The number of para-hydroxylation sites is 1. The number of nitrogens with zero attached hydrogens (tertiary/aromatic N) is 1. The van der Waals surface area contributed by atoms with Gasteiger partial charge in [0.2, 0.25) is 0 Å². The normalized spacial score (nSPS) is 15.6. The molecule has 82 valence electrons. The van der Waals surface area contributed by atoms with Crippen LogP contribution in [-0.4, -0.2) is 4.57 Å². The topological polar surface area (TPSA) is 4.93 Å². The molecule has 16 heavy (non-hydrogen) atoms. The average Bonchev–Trinajstić information content (AvgIpc) is 3.00. The van der Waals surface area contributed by atoms with Gasteiger partial charge in [0.1, 0.15) is 0 Å². The van der Waals surface area contributed by atoms with Crippen LogP contribution >= 0.6 is 0 Å². The first-order valence-electron chi connectivity index (χ1n) is 6.01. The molecule has 1 aromatic carbocycles. The minimum absolute atomic E-state index is 0.897. The molecule has 2 aromatic rings. The van der Waals surface area contributed by atoms with Gasteiger partial charge in [-0.05, 0) is 43.4 Å². The van der Waals surface area contributed by atoms with E-state index >= 15 is 0 Å². The van der Waals surface area contributed by atoms with Crippen LogP contribution in [0.4, 0.5) is 0 Å². The fourth-order valence-corrected chi connectivity index (χ4v) is 2.46. The lowest BCUT2D eigenvalue weighted by molar-refractivity contribution is 0.642. The van der Waals surface area contributed by atoms with E-state index in [1.165, 1.54) is 35.0 Å². The number of benzene rings is 1. The van der Waals surface area contributed by atoms with E-state index in [0.29, 0.717) is 0 Å². The third kappa shape index (κ3) is 1.47. The molecule has 0 radical (unpaired) electrons. The van der Waals surface area contributed by atoms with Crippen LogP contribution in [0.5, 0.6) is 0 Å². The van der Waals surface area contributed by atoms with Gasteiger partial charge in [0.15, 0.2) is 0 Å². The zero-order chi connectivity index (χ0) is 11.1. The Morgan fingerprint density at radius 1 is 1.44 bits per heavy atom. The molecule has 0 unspecified atom stereocenters. The first-order chi connectivity index (χ1) is 7.79. The molecule has 1 saturated carbocycles. The molecule has 0 saturated heterocycles. The summed E-state index contributed by atoms with van der Waals surface area (Å²) in [5.41, 5.74) is 4.02. The van der Waals surface area contributed by atoms with Crippen molar-refractivity contribution in [2.45, 2.75) is 26.3 Å². The van der Waals surface area contributed by atoms with Crippen LogP contribution < -0.4 is 0 Å². The molecular formula is C15H17N. The first kappa shape index (κ1) is 9.71. The molecule has 0 atom stereocenters. The Morgan fingerprint density at radius 3 is 2.94 bits per heavy atom. The molecule has 0 spiro atoms. The van der Waals surface area contributed by atoms with Gasteiger partial charge in [-0.2, -0.15) is 0 Å². The van der Waals surface area contributed by atoms with E-state index in [1.807, 2.05) is 6.08 Å². The second kappa shape index (κ2) is 3.51. The van der Waals surface area contributed by atoms with E-state index in [0.717, 1.165) is 12.5 Å². The van der Waals surface area contributed by atoms with Gasteiger partial charge in [-0.15, -0.1) is 0 Å². The summed E-state index contributed by atoms with van der Waals surface area (Å²) in [5, 5.41) is 1.34. The van der Waals surface area contributed by atoms with Crippen molar-refractivity contribution >= 4 is 17.0 Å². The van der Waals surface area contributed by atoms with E-state index in [4.69, 9.17) is 0 Å². The third-order valence-electron chi connectivity index (χ3n) is 3.50. The van der Waals surface area contributed by atoms with E-state index in [-0.39, 0.29) is 0 Å². The van der Waals surface area contributed by atoms with Crippen LogP contribution in [0.25, 0.3) is 17.0 Å². The predicted molar refractivity (Wildman–Crippen MR) is 69.5 cm³/mol. The Labute approximate surface area is 96.4 Å². The Kier molecular flexibility index (Phi) is 2.13. The smallest absolute Gasteiger partial charge is 0.0514 e. The Morgan fingerprint density at radius 2 is 2.25 bits per heavy atom. The quantitative estimate of drug-likeness (QED) is 0.723. The number of aromatic nitrogens is 1. The molecule has 0 bridgehead atoms. The summed E-state index contributed by atoms with van der Waals surface area (Å²) in [4.78, 5) is 0. The fraction of sp³-hybridized carbons (Fsp3) is 0.333. The summed E-state index contributed by atoms with van der Waals surface area (Å²) in [6, 6.07) is 8.76. The van der Waals surface area contributed by atoms with Crippen LogP contribution in [0.1, 0.15) is 24.1 Å². The maximum atomic E-state index is 3.92. The highest BCUT2D eigenvalue weighted by molar-refractivity contribution is 5.86. The number of aryl methyl sites for hydroxylation is 1. The van der Waals surface area contributed by atoms with Gasteiger partial charge in [-0.1, -0.05) is 24.8 Å². The third-order valence-corrected chi connectivity index (χ3v) is 3.50. The maximum absolute atomic E-state index is 3.92. The maximum Gasteiger partial charge on any atom is 0.0514 e. The summed E-state index contributed by atoms with van der Waals surface area (Å²) in [6.45, 7) is 7.28. The molecule has 1 aliphatic rings. The summed E-state index contributed by atoms with van der Waals surface area (Å²) >= 11 is 0. The lowest BCUT2D eigenvalue weighted by atomic mass is 10.1. The van der Waals surface area contributed by atoms with Gasteiger partial charge in [-0.3, -0.25) is 0 Å². The minimum atomic E-state index is 0.897. The van der Waals surface area contributed by atoms with Crippen LogP contribution in [0.15, 0.2) is 30.8 Å². The summed E-state index contributed by atoms with van der Waals surface area (Å²) in [5.74, 6) is 0.897. The molecule has 1 fully saturated rings. The van der Waals surface area contributed by atoms with Gasteiger partial charge >= 0.3 is 0 Å². The van der Waals surface area contributed by atoms with Crippen molar-refractivity contribution in [3.63, 3.8) is 0 Å². The average molecular weight is 211 g/mol. The van der Waals surface area contributed by atoms with Crippen molar-refractivity contribution in [3.05, 3.63) is 42.1 Å². The zero-order valence-corrected chi connectivity index (χ0v) is 9.74. The highest BCUT2D eigenvalue weighted by atomic mass is 15.0. The van der Waals surface area contributed by atoms with Gasteiger partial charge in [0.25, 0.3) is 0 Å². The van der Waals surface area contributed by atoms with Crippen molar-refractivity contribution in [3.8, 4) is 0 Å². The highest BCUT2D eigenvalue weighted by Crippen LogP contribution is 2.34. The highest BCUT2D eigenvalue weighted by Gasteiger charge is 2.23. The molecule has 1 heteroatoms. The predicted octanol–water partition coefficient (Wildman–Crippen LogP) is 4.00. The molecule has 1 heterocycles. The SMILES string of the molecule is C=Cc1cc2cccc(C)c2n1CC1CC1. The Bertz CT molecular complexity index is 544. The van der Waals surface area contributed by atoms with Crippen LogP contribution in [-0.2, 0) is 6.54 Å². The summed E-state index contributed by atoms with van der Waals surface area (Å²) < 4.78 is 2.44. The zero-order valence-electron chi connectivity index (χ0n) is 9.74. The van der Waals surface area contributed by atoms with Crippen molar-refractivity contribution in [2.75, 3.05) is 0 Å². The Hall–Kier alpha value is -1.50. The standard InChI is InChI=1S/C15H17N/c1-3-14-9-13-6-4-5-11(2)15(13)16(14)10-12-7-8-12/h3-6,9,12H,1,7-8,10H2,2H3.